The maximum Gasteiger partial charge on any atom is 0.228 e. The fraction of sp³-hybridized carbons (Fsp3) is 0.379. The zero-order valence-electron chi connectivity index (χ0n) is 22.7. The van der Waals surface area contributed by atoms with Gasteiger partial charge in [-0.05, 0) is 67.6 Å². The highest BCUT2D eigenvalue weighted by Gasteiger charge is 2.29. The third-order valence-electron chi connectivity index (χ3n) is 6.93. The first kappa shape index (κ1) is 28.0. The van der Waals surface area contributed by atoms with Crippen molar-refractivity contribution in [2.75, 3.05) is 32.5 Å². The van der Waals surface area contributed by atoms with Gasteiger partial charge in [-0.25, -0.2) is 0 Å². The van der Waals surface area contributed by atoms with Gasteiger partial charge in [0, 0.05) is 42.7 Å². The molecule has 3 aromatic heterocycles. The lowest BCUT2D eigenvalue weighted by atomic mass is 10.1. The Balaban J connectivity index is 1.11. The van der Waals surface area contributed by atoms with Crippen molar-refractivity contribution in [1.29, 1.82) is 0 Å². The Morgan fingerprint density at radius 2 is 1.93 bits per heavy atom. The maximum absolute atomic E-state index is 12.9. The van der Waals surface area contributed by atoms with Crippen LogP contribution in [-0.4, -0.2) is 74.9 Å². The Kier molecular flexibility index (Phi) is 9.22. The van der Waals surface area contributed by atoms with Crippen LogP contribution >= 0.6 is 23.1 Å². The van der Waals surface area contributed by atoms with E-state index in [-0.39, 0.29) is 17.9 Å². The summed E-state index contributed by atoms with van der Waals surface area (Å²) in [5, 5.41) is 11.6. The lowest BCUT2D eigenvalue weighted by Crippen LogP contribution is -2.55. The number of methoxy groups -OCH3 is 1. The SMILES string of the molecule is COc1ccc(-n2c(SCCCCC(=O)N3CCN(C(=O)Cc4cccs4)C(C)C3)nnc2-c2ccco2)cc1. The normalized spacial score (nSPS) is 15.4. The topological polar surface area (TPSA) is 93.7 Å². The van der Waals surface area contributed by atoms with Crippen LogP contribution in [0.4, 0.5) is 0 Å². The largest absolute Gasteiger partial charge is 0.497 e. The molecule has 0 bridgehead atoms. The van der Waals surface area contributed by atoms with Crippen molar-refractivity contribution >= 4 is 34.9 Å². The van der Waals surface area contributed by atoms with Gasteiger partial charge < -0.3 is 19.0 Å². The van der Waals surface area contributed by atoms with Crippen LogP contribution in [0.1, 0.15) is 31.1 Å². The Hall–Kier alpha value is -3.57. The van der Waals surface area contributed by atoms with E-state index in [0.717, 1.165) is 40.1 Å². The molecule has 0 aliphatic carbocycles. The molecule has 1 saturated heterocycles. The highest BCUT2D eigenvalue weighted by atomic mass is 32.2. The van der Waals surface area contributed by atoms with Gasteiger partial charge in [0.2, 0.25) is 17.6 Å². The molecule has 4 heterocycles. The first-order valence-corrected chi connectivity index (χ1v) is 15.3. The Morgan fingerprint density at radius 1 is 1.07 bits per heavy atom. The average molecular weight is 580 g/mol. The maximum atomic E-state index is 12.9. The van der Waals surface area contributed by atoms with Gasteiger partial charge >= 0.3 is 0 Å². The van der Waals surface area contributed by atoms with Crippen LogP contribution in [0.5, 0.6) is 5.75 Å². The summed E-state index contributed by atoms with van der Waals surface area (Å²) in [7, 11) is 1.64. The second kappa shape index (κ2) is 13.2. The van der Waals surface area contributed by atoms with E-state index < -0.39 is 0 Å². The minimum atomic E-state index is 0.0217. The van der Waals surface area contributed by atoms with Crippen LogP contribution in [0.25, 0.3) is 17.3 Å². The molecule has 0 spiro atoms. The number of benzene rings is 1. The minimum Gasteiger partial charge on any atom is -0.497 e. The second-order valence-electron chi connectivity index (χ2n) is 9.65. The highest BCUT2D eigenvalue weighted by molar-refractivity contribution is 7.99. The molecule has 11 heteroatoms. The van der Waals surface area contributed by atoms with Crippen molar-refractivity contribution < 1.29 is 18.7 Å². The van der Waals surface area contributed by atoms with Crippen LogP contribution in [0.2, 0.25) is 0 Å². The van der Waals surface area contributed by atoms with Crippen molar-refractivity contribution in [1.82, 2.24) is 24.6 Å². The first-order valence-electron chi connectivity index (χ1n) is 13.4. The van der Waals surface area contributed by atoms with E-state index in [0.29, 0.717) is 44.1 Å². The molecule has 0 saturated carbocycles. The number of piperazine rings is 1. The fourth-order valence-electron chi connectivity index (χ4n) is 4.81. The Morgan fingerprint density at radius 3 is 2.62 bits per heavy atom. The number of carbonyl (C=O) groups excluding carboxylic acids is 2. The van der Waals surface area contributed by atoms with Crippen LogP contribution in [0, 0.1) is 0 Å². The molecule has 4 aromatic rings. The predicted molar refractivity (Wildman–Crippen MR) is 156 cm³/mol. The third-order valence-corrected chi connectivity index (χ3v) is 8.82. The molecule has 2 amide bonds. The van der Waals surface area contributed by atoms with Gasteiger partial charge in [0.15, 0.2) is 10.9 Å². The molecule has 210 valence electrons. The van der Waals surface area contributed by atoms with Crippen LogP contribution in [-0.2, 0) is 16.0 Å². The van der Waals surface area contributed by atoms with Crippen molar-refractivity contribution in [2.45, 2.75) is 43.8 Å². The molecule has 1 aliphatic rings. The van der Waals surface area contributed by atoms with Crippen LogP contribution < -0.4 is 4.74 Å². The quantitative estimate of drug-likeness (QED) is 0.179. The number of nitrogens with zero attached hydrogens (tertiary/aromatic N) is 5. The van der Waals surface area contributed by atoms with E-state index in [9.17, 15) is 9.59 Å². The number of carbonyl (C=O) groups is 2. The van der Waals surface area contributed by atoms with Gasteiger partial charge in [0.25, 0.3) is 0 Å². The summed E-state index contributed by atoms with van der Waals surface area (Å²) >= 11 is 3.21. The average Bonchev–Trinajstić information content (AvgIpc) is 3.75. The Labute approximate surface area is 242 Å². The van der Waals surface area contributed by atoms with Crippen molar-refractivity contribution in [2.24, 2.45) is 0 Å². The van der Waals surface area contributed by atoms with Gasteiger partial charge in [-0.15, -0.1) is 21.5 Å². The molecule has 0 N–H and O–H groups in total. The number of amides is 2. The summed E-state index contributed by atoms with van der Waals surface area (Å²) in [6, 6.07) is 15.4. The number of thiophene rings is 1. The van der Waals surface area contributed by atoms with E-state index in [2.05, 4.69) is 10.2 Å². The summed E-state index contributed by atoms with van der Waals surface area (Å²) < 4.78 is 12.9. The van der Waals surface area contributed by atoms with Gasteiger partial charge in [-0.3, -0.25) is 14.2 Å². The van der Waals surface area contributed by atoms with Crippen molar-refractivity contribution in [3.8, 4) is 23.0 Å². The molecular weight excluding hydrogens is 546 g/mol. The first-order chi connectivity index (χ1) is 19.5. The molecule has 1 aliphatic heterocycles. The van der Waals surface area contributed by atoms with Crippen LogP contribution in [0.3, 0.4) is 0 Å². The molecule has 5 rings (SSSR count). The Bertz CT molecular complexity index is 1390. The molecule has 1 unspecified atom stereocenters. The summed E-state index contributed by atoms with van der Waals surface area (Å²) in [4.78, 5) is 30.5. The molecule has 0 radical (unpaired) electrons. The van der Waals surface area contributed by atoms with Crippen LogP contribution in [0.15, 0.2) is 69.7 Å². The number of furan rings is 1. The monoisotopic (exact) mass is 579 g/mol. The number of hydrogen-bond donors (Lipinski definition) is 0. The lowest BCUT2D eigenvalue weighted by molar-refractivity contribution is -0.142. The van der Waals surface area contributed by atoms with Gasteiger partial charge in [-0.1, -0.05) is 17.8 Å². The molecule has 1 atom stereocenters. The predicted octanol–water partition coefficient (Wildman–Crippen LogP) is 5.16. The van der Waals surface area contributed by atoms with Crippen molar-refractivity contribution in [3.05, 3.63) is 65.1 Å². The zero-order valence-corrected chi connectivity index (χ0v) is 24.3. The minimum absolute atomic E-state index is 0.0217. The molecule has 9 nitrogen and oxygen atoms in total. The number of aromatic nitrogens is 3. The summed E-state index contributed by atoms with van der Waals surface area (Å²) in [6.45, 7) is 3.79. The third kappa shape index (κ3) is 6.59. The smallest absolute Gasteiger partial charge is 0.228 e. The van der Waals surface area contributed by atoms with E-state index in [1.807, 2.05) is 75.2 Å². The lowest BCUT2D eigenvalue weighted by Gasteiger charge is -2.40. The number of thioether (sulfide) groups is 1. The standard InChI is InChI=1S/C29H33N5O4S2/c1-21-20-32(14-15-33(21)27(36)19-24-7-6-18-39-24)26(35)9-3-4-17-40-29-31-30-28(25-8-5-16-38-25)34(29)22-10-12-23(37-2)13-11-22/h5-8,10-13,16,18,21H,3-4,9,14-15,17,19-20H2,1-2H3. The van der Waals surface area contributed by atoms with Gasteiger partial charge in [-0.2, -0.15) is 0 Å². The number of hydrogen-bond acceptors (Lipinski definition) is 8. The van der Waals surface area contributed by atoms with E-state index in [1.54, 1.807) is 36.5 Å². The van der Waals surface area contributed by atoms with E-state index in [1.165, 1.54) is 0 Å². The summed E-state index contributed by atoms with van der Waals surface area (Å²) in [5.41, 5.74) is 0.914. The fourth-order valence-corrected chi connectivity index (χ4v) is 6.46. The molecule has 40 heavy (non-hydrogen) atoms. The number of rotatable bonds is 11. The summed E-state index contributed by atoms with van der Waals surface area (Å²) in [5.74, 6) is 3.15. The summed E-state index contributed by atoms with van der Waals surface area (Å²) in [6.07, 6.45) is 4.22. The number of ether oxygens (including phenoxy) is 1. The van der Waals surface area contributed by atoms with Gasteiger partial charge in [0.05, 0.1) is 25.5 Å². The van der Waals surface area contributed by atoms with E-state index in [4.69, 9.17) is 9.15 Å². The molecular formula is C29H33N5O4S2. The van der Waals surface area contributed by atoms with Gasteiger partial charge in [0.1, 0.15) is 5.75 Å². The van der Waals surface area contributed by atoms with Crippen molar-refractivity contribution in [3.63, 3.8) is 0 Å². The molecule has 1 fully saturated rings. The number of unbranched alkanes of at least 4 members (excludes halogenated alkanes) is 1. The van der Waals surface area contributed by atoms with E-state index >= 15 is 0 Å². The second-order valence-corrected chi connectivity index (χ2v) is 11.7. The molecule has 1 aromatic carbocycles. The highest BCUT2D eigenvalue weighted by Crippen LogP contribution is 2.29. The zero-order chi connectivity index (χ0) is 27.9.